The van der Waals surface area contributed by atoms with Crippen LogP contribution in [0.1, 0.15) is 17.7 Å². The number of carboxylic acids is 1. The number of carbonyl (C=O) groups is 1. The second-order valence-corrected chi connectivity index (χ2v) is 4.11. The lowest BCUT2D eigenvalue weighted by molar-refractivity contribution is -0.136. The molecule has 4 heteroatoms. The summed E-state index contributed by atoms with van der Waals surface area (Å²) >= 11 is 5.85. The second-order valence-electron chi connectivity index (χ2n) is 3.67. The summed E-state index contributed by atoms with van der Waals surface area (Å²) in [6.07, 6.45) is 0.591. The highest BCUT2D eigenvalue weighted by Gasteiger charge is 2.12. The van der Waals surface area contributed by atoms with Crippen LogP contribution < -0.4 is 0 Å². The second kappa shape index (κ2) is 4.18. The smallest absolute Gasteiger partial charge is 0.303 e. The summed E-state index contributed by atoms with van der Waals surface area (Å²) in [5, 5.41) is 10.2. The van der Waals surface area contributed by atoms with Crippen molar-refractivity contribution in [2.75, 3.05) is 0 Å². The van der Waals surface area contributed by atoms with E-state index in [-0.39, 0.29) is 6.42 Å². The van der Waals surface area contributed by atoms with Crippen molar-refractivity contribution in [3.8, 4) is 0 Å². The molecule has 0 aliphatic heterocycles. The van der Waals surface area contributed by atoms with Crippen molar-refractivity contribution in [1.82, 2.24) is 0 Å². The van der Waals surface area contributed by atoms with Crippen molar-refractivity contribution in [1.29, 1.82) is 0 Å². The average molecular weight is 239 g/mol. The van der Waals surface area contributed by atoms with E-state index in [4.69, 9.17) is 21.1 Å². The highest BCUT2D eigenvalue weighted by molar-refractivity contribution is 6.31. The largest absolute Gasteiger partial charge is 0.481 e. The summed E-state index contributed by atoms with van der Waals surface area (Å²) in [4.78, 5) is 10.5. The van der Waals surface area contributed by atoms with E-state index in [1.165, 1.54) is 0 Å². The van der Waals surface area contributed by atoms with Crippen LogP contribution >= 0.6 is 11.6 Å². The van der Waals surface area contributed by atoms with Gasteiger partial charge in [0.2, 0.25) is 0 Å². The van der Waals surface area contributed by atoms with Crippen LogP contribution in [0.25, 0.3) is 11.0 Å². The molecule has 0 unspecified atom stereocenters. The molecule has 0 amide bonds. The minimum absolute atomic E-state index is 0.109. The lowest BCUT2D eigenvalue weighted by Crippen LogP contribution is -1.97. The Kier molecular flexibility index (Phi) is 2.88. The van der Waals surface area contributed by atoms with Crippen molar-refractivity contribution in [2.24, 2.45) is 0 Å². The maximum atomic E-state index is 10.5. The van der Waals surface area contributed by atoms with Crippen LogP contribution in [0.15, 0.2) is 22.6 Å². The molecule has 0 atom stereocenters. The molecule has 0 fully saturated rings. The third kappa shape index (κ3) is 2.04. The normalized spacial score (nSPS) is 10.9. The topological polar surface area (TPSA) is 50.4 Å². The van der Waals surface area contributed by atoms with E-state index < -0.39 is 5.97 Å². The Labute approximate surface area is 97.6 Å². The molecule has 2 rings (SSSR count). The summed E-state index contributed by atoms with van der Waals surface area (Å²) in [7, 11) is 0. The Morgan fingerprint density at radius 3 is 2.94 bits per heavy atom. The third-order valence-electron chi connectivity index (χ3n) is 2.55. The Balaban J connectivity index is 2.43. The molecule has 0 spiro atoms. The van der Waals surface area contributed by atoms with Crippen molar-refractivity contribution in [3.05, 3.63) is 34.5 Å². The van der Waals surface area contributed by atoms with Crippen LogP contribution in [0.4, 0.5) is 0 Å². The van der Waals surface area contributed by atoms with Crippen LogP contribution in [-0.2, 0) is 11.2 Å². The Morgan fingerprint density at radius 2 is 2.25 bits per heavy atom. The molecule has 16 heavy (non-hydrogen) atoms. The molecular formula is C12H11ClO3. The van der Waals surface area contributed by atoms with Crippen LogP contribution in [-0.4, -0.2) is 11.1 Å². The molecular weight excluding hydrogens is 228 g/mol. The van der Waals surface area contributed by atoms with Gasteiger partial charge in [-0.05, 0) is 25.5 Å². The standard InChI is InChI=1S/C12H11ClO3/c1-7-9(4-5-12(14)15)10-3-2-8(13)6-11(10)16-7/h2-3,6H,4-5H2,1H3,(H,14,15). The van der Waals surface area contributed by atoms with Gasteiger partial charge in [-0.1, -0.05) is 11.6 Å². The lowest BCUT2D eigenvalue weighted by atomic mass is 10.1. The first-order valence-corrected chi connectivity index (χ1v) is 5.35. The fourth-order valence-corrected chi connectivity index (χ4v) is 1.95. The summed E-state index contributed by atoms with van der Waals surface area (Å²) in [5.74, 6) is -0.0405. The number of aryl methyl sites for hydroxylation is 2. The number of rotatable bonds is 3. The van der Waals surface area contributed by atoms with Crippen LogP contribution in [0.5, 0.6) is 0 Å². The fourth-order valence-electron chi connectivity index (χ4n) is 1.79. The molecule has 0 radical (unpaired) electrons. The highest BCUT2D eigenvalue weighted by Crippen LogP contribution is 2.28. The third-order valence-corrected chi connectivity index (χ3v) is 2.78. The molecule has 2 aromatic rings. The molecule has 1 heterocycles. The zero-order valence-corrected chi connectivity index (χ0v) is 9.54. The van der Waals surface area contributed by atoms with Crippen LogP contribution in [0.3, 0.4) is 0 Å². The molecule has 0 bridgehead atoms. The summed E-state index contributed by atoms with van der Waals surface area (Å²) in [6, 6.07) is 5.39. The Bertz CT molecular complexity index is 542. The average Bonchev–Trinajstić information content (AvgIpc) is 2.50. The molecule has 0 aliphatic carbocycles. The van der Waals surface area contributed by atoms with Crippen molar-refractivity contribution in [2.45, 2.75) is 19.8 Å². The molecule has 1 aromatic carbocycles. The number of benzene rings is 1. The molecule has 0 aliphatic rings. The zero-order valence-electron chi connectivity index (χ0n) is 8.79. The maximum Gasteiger partial charge on any atom is 0.303 e. The van der Waals surface area contributed by atoms with Gasteiger partial charge in [-0.3, -0.25) is 4.79 Å². The van der Waals surface area contributed by atoms with Crippen molar-refractivity contribution in [3.63, 3.8) is 0 Å². The molecule has 1 aromatic heterocycles. The summed E-state index contributed by atoms with van der Waals surface area (Å²) in [6.45, 7) is 1.84. The van der Waals surface area contributed by atoms with Gasteiger partial charge in [-0.2, -0.15) is 0 Å². The van der Waals surface area contributed by atoms with E-state index in [2.05, 4.69) is 0 Å². The molecule has 0 saturated carbocycles. The lowest BCUT2D eigenvalue weighted by Gasteiger charge is -1.96. The quantitative estimate of drug-likeness (QED) is 0.892. The van der Waals surface area contributed by atoms with E-state index in [9.17, 15) is 4.79 Å². The molecule has 1 N–H and O–H groups in total. The van der Waals surface area contributed by atoms with Crippen LogP contribution in [0.2, 0.25) is 5.02 Å². The van der Waals surface area contributed by atoms with Gasteiger partial charge in [0.05, 0.1) is 0 Å². The van der Waals surface area contributed by atoms with E-state index >= 15 is 0 Å². The molecule has 3 nitrogen and oxygen atoms in total. The first-order valence-electron chi connectivity index (χ1n) is 4.97. The van der Waals surface area contributed by atoms with Gasteiger partial charge in [-0.15, -0.1) is 0 Å². The van der Waals surface area contributed by atoms with Crippen molar-refractivity contribution >= 4 is 28.5 Å². The molecule has 0 saturated heterocycles. The van der Waals surface area contributed by atoms with Gasteiger partial charge in [-0.25, -0.2) is 0 Å². The van der Waals surface area contributed by atoms with E-state index in [1.807, 2.05) is 13.0 Å². The van der Waals surface area contributed by atoms with Gasteiger partial charge in [0.1, 0.15) is 11.3 Å². The van der Waals surface area contributed by atoms with E-state index in [1.54, 1.807) is 12.1 Å². The number of halogens is 1. The predicted molar refractivity (Wildman–Crippen MR) is 61.9 cm³/mol. The molecule has 84 valence electrons. The Hall–Kier alpha value is -1.48. The van der Waals surface area contributed by atoms with Gasteiger partial charge < -0.3 is 9.52 Å². The number of fused-ring (bicyclic) bond motifs is 1. The first kappa shape index (κ1) is 11.0. The first-order chi connectivity index (χ1) is 7.58. The SMILES string of the molecule is Cc1oc2cc(Cl)ccc2c1CCC(=O)O. The number of hydrogen-bond donors (Lipinski definition) is 1. The van der Waals surface area contributed by atoms with E-state index in [0.29, 0.717) is 17.0 Å². The van der Waals surface area contributed by atoms with E-state index in [0.717, 1.165) is 16.7 Å². The minimum Gasteiger partial charge on any atom is -0.481 e. The predicted octanol–water partition coefficient (Wildman–Crippen LogP) is 3.41. The van der Waals surface area contributed by atoms with Crippen LogP contribution in [0, 0.1) is 6.92 Å². The highest BCUT2D eigenvalue weighted by atomic mass is 35.5. The monoisotopic (exact) mass is 238 g/mol. The van der Waals surface area contributed by atoms with Crippen molar-refractivity contribution < 1.29 is 14.3 Å². The number of carboxylic acid groups (broad SMARTS) is 1. The fraction of sp³-hybridized carbons (Fsp3) is 0.250. The zero-order chi connectivity index (χ0) is 11.7. The maximum absolute atomic E-state index is 10.5. The number of aliphatic carboxylic acids is 1. The summed E-state index contributed by atoms with van der Waals surface area (Å²) in [5.41, 5.74) is 1.67. The minimum atomic E-state index is -0.803. The van der Waals surface area contributed by atoms with Gasteiger partial charge >= 0.3 is 5.97 Å². The summed E-state index contributed by atoms with van der Waals surface area (Å²) < 4.78 is 5.53. The van der Waals surface area contributed by atoms with Gasteiger partial charge in [0, 0.05) is 28.5 Å². The van der Waals surface area contributed by atoms with Gasteiger partial charge in [0.15, 0.2) is 0 Å². The Morgan fingerprint density at radius 1 is 1.50 bits per heavy atom. The number of hydrogen-bond acceptors (Lipinski definition) is 2. The number of furan rings is 1. The van der Waals surface area contributed by atoms with Gasteiger partial charge in [0.25, 0.3) is 0 Å².